The molecule has 1 aromatic rings. The predicted octanol–water partition coefficient (Wildman–Crippen LogP) is 5.15. The second-order valence-electron chi connectivity index (χ2n) is 5.91. The molecule has 108 valence electrons. The molecule has 0 N–H and O–H groups in total. The van der Waals surface area contributed by atoms with Crippen LogP contribution in [-0.4, -0.2) is 0 Å². The Morgan fingerprint density at radius 3 is 2.80 bits per heavy atom. The maximum absolute atomic E-state index is 8.36. The maximum atomic E-state index is 8.36. The monoisotopic (exact) mass is 273 g/mol. The molecule has 3 nitrogen and oxygen atoms in total. The van der Waals surface area contributed by atoms with E-state index in [4.69, 9.17) is 9.68 Å². The van der Waals surface area contributed by atoms with Crippen LogP contribution < -0.4 is 0 Å². The van der Waals surface area contributed by atoms with Crippen LogP contribution in [0.3, 0.4) is 0 Å². The SMILES string of the molecule is C/C(=C\C=C/CCC(c1ccco1)C(C)(C)C)OC#N. The number of allylic oxidation sites excluding steroid dienone is 4. The van der Waals surface area contributed by atoms with Crippen molar-refractivity contribution in [1.29, 1.82) is 5.26 Å². The van der Waals surface area contributed by atoms with Crippen molar-refractivity contribution in [3.63, 3.8) is 0 Å². The maximum Gasteiger partial charge on any atom is 0.291 e. The van der Waals surface area contributed by atoms with Crippen LogP contribution in [0.5, 0.6) is 0 Å². The molecule has 0 fully saturated rings. The van der Waals surface area contributed by atoms with Gasteiger partial charge in [0.2, 0.25) is 0 Å². The van der Waals surface area contributed by atoms with Gasteiger partial charge >= 0.3 is 0 Å². The molecule has 0 amide bonds. The van der Waals surface area contributed by atoms with Crippen LogP contribution in [0.1, 0.15) is 52.2 Å². The van der Waals surface area contributed by atoms with Gasteiger partial charge in [-0.2, -0.15) is 0 Å². The number of ether oxygens (including phenoxy) is 1. The Kier molecular flexibility index (Phi) is 6.11. The van der Waals surface area contributed by atoms with E-state index in [0.29, 0.717) is 11.7 Å². The molecule has 1 unspecified atom stereocenters. The molecule has 0 aliphatic carbocycles. The van der Waals surface area contributed by atoms with E-state index < -0.39 is 0 Å². The van der Waals surface area contributed by atoms with E-state index in [9.17, 15) is 0 Å². The first kappa shape index (κ1) is 16.1. The fourth-order valence-corrected chi connectivity index (χ4v) is 2.16. The van der Waals surface area contributed by atoms with Crippen molar-refractivity contribution < 1.29 is 9.15 Å². The number of hydrogen-bond acceptors (Lipinski definition) is 3. The Morgan fingerprint density at radius 1 is 1.50 bits per heavy atom. The topological polar surface area (TPSA) is 46.2 Å². The molecule has 1 rings (SSSR count). The average Bonchev–Trinajstić information content (AvgIpc) is 2.85. The van der Waals surface area contributed by atoms with Gasteiger partial charge in [-0.25, -0.2) is 0 Å². The van der Waals surface area contributed by atoms with Gasteiger partial charge in [-0.15, -0.1) is 5.26 Å². The predicted molar refractivity (Wildman–Crippen MR) is 79.7 cm³/mol. The smallest absolute Gasteiger partial charge is 0.291 e. The molecule has 1 atom stereocenters. The summed E-state index contributed by atoms with van der Waals surface area (Å²) in [6.45, 7) is 8.45. The van der Waals surface area contributed by atoms with Gasteiger partial charge in [-0.05, 0) is 43.4 Å². The number of rotatable bonds is 6. The zero-order chi connectivity index (χ0) is 15.0. The average molecular weight is 273 g/mol. The second kappa shape index (κ2) is 7.59. The van der Waals surface area contributed by atoms with E-state index in [1.807, 2.05) is 18.2 Å². The Morgan fingerprint density at radius 2 is 2.25 bits per heavy atom. The molecule has 0 aliphatic rings. The molecule has 0 saturated heterocycles. The van der Waals surface area contributed by atoms with Crippen molar-refractivity contribution in [3.05, 3.63) is 48.1 Å². The fourth-order valence-electron chi connectivity index (χ4n) is 2.16. The van der Waals surface area contributed by atoms with E-state index in [-0.39, 0.29) is 5.41 Å². The van der Waals surface area contributed by atoms with Crippen LogP contribution in [-0.2, 0) is 4.74 Å². The van der Waals surface area contributed by atoms with Crippen molar-refractivity contribution in [2.24, 2.45) is 5.41 Å². The summed E-state index contributed by atoms with van der Waals surface area (Å²) in [5, 5.41) is 8.36. The molecule has 1 aromatic heterocycles. The third-order valence-corrected chi connectivity index (χ3v) is 3.23. The lowest BCUT2D eigenvalue weighted by atomic mass is 9.76. The normalized spacial score (nSPS) is 14.2. The van der Waals surface area contributed by atoms with E-state index in [1.165, 1.54) is 0 Å². The highest BCUT2D eigenvalue weighted by atomic mass is 16.5. The molecular formula is C17H23NO2. The van der Waals surface area contributed by atoms with Crippen molar-refractivity contribution in [2.75, 3.05) is 0 Å². The van der Waals surface area contributed by atoms with Crippen LogP contribution in [0.2, 0.25) is 0 Å². The summed E-state index contributed by atoms with van der Waals surface area (Å²) in [6, 6.07) is 3.99. The summed E-state index contributed by atoms with van der Waals surface area (Å²) in [5.74, 6) is 2.04. The highest BCUT2D eigenvalue weighted by molar-refractivity contribution is 5.10. The lowest BCUT2D eigenvalue weighted by molar-refractivity contribution is 0.267. The lowest BCUT2D eigenvalue weighted by Crippen LogP contribution is -2.17. The summed E-state index contributed by atoms with van der Waals surface area (Å²) in [7, 11) is 0. The van der Waals surface area contributed by atoms with Gasteiger partial charge in [0.15, 0.2) is 0 Å². The Labute approximate surface area is 121 Å². The van der Waals surface area contributed by atoms with Gasteiger partial charge in [-0.3, -0.25) is 0 Å². The minimum absolute atomic E-state index is 0.168. The third kappa shape index (κ3) is 5.36. The molecule has 1 heterocycles. The number of furan rings is 1. The van der Waals surface area contributed by atoms with E-state index in [1.54, 1.807) is 25.5 Å². The standard InChI is InChI=1S/C17H23NO2/c1-14(20-13-18)9-6-5-7-10-15(17(2,3)4)16-11-8-12-19-16/h5-6,8-9,11-12,15H,7,10H2,1-4H3/b6-5-,14-9+. The summed E-state index contributed by atoms with van der Waals surface area (Å²) >= 11 is 0. The summed E-state index contributed by atoms with van der Waals surface area (Å²) in [6.07, 6.45) is 11.2. The number of hydrogen-bond donors (Lipinski definition) is 0. The van der Waals surface area contributed by atoms with Gasteiger partial charge in [0.1, 0.15) is 11.5 Å². The van der Waals surface area contributed by atoms with Crippen molar-refractivity contribution in [2.45, 2.75) is 46.5 Å². The Bertz CT molecular complexity index is 484. The Hall–Kier alpha value is -1.95. The number of nitrogens with zero attached hydrogens (tertiary/aromatic N) is 1. The van der Waals surface area contributed by atoms with E-state index in [0.717, 1.165) is 18.6 Å². The van der Waals surface area contributed by atoms with Crippen LogP contribution in [0.4, 0.5) is 0 Å². The largest absolute Gasteiger partial charge is 0.469 e. The molecule has 0 bridgehead atoms. The third-order valence-electron chi connectivity index (χ3n) is 3.23. The molecule has 0 aromatic carbocycles. The quantitative estimate of drug-likeness (QED) is 0.409. The van der Waals surface area contributed by atoms with E-state index >= 15 is 0 Å². The minimum Gasteiger partial charge on any atom is -0.469 e. The Balaban J connectivity index is 2.55. The molecule has 20 heavy (non-hydrogen) atoms. The number of nitriles is 1. The highest BCUT2D eigenvalue weighted by Gasteiger charge is 2.27. The summed E-state index contributed by atoms with van der Waals surface area (Å²) in [5.41, 5.74) is 0.168. The molecule has 0 spiro atoms. The first-order valence-electron chi connectivity index (χ1n) is 6.88. The molecular weight excluding hydrogens is 250 g/mol. The zero-order valence-corrected chi connectivity index (χ0v) is 12.7. The van der Waals surface area contributed by atoms with Gasteiger partial charge < -0.3 is 9.15 Å². The van der Waals surface area contributed by atoms with Gasteiger partial charge in [-0.1, -0.05) is 32.9 Å². The highest BCUT2D eigenvalue weighted by Crippen LogP contribution is 2.38. The van der Waals surface area contributed by atoms with Gasteiger partial charge in [0.25, 0.3) is 6.26 Å². The summed E-state index contributed by atoms with van der Waals surface area (Å²) < 4.78 is 10.2. The van der Waals surface area contributed by atoms with Crippen molar-refractivity contribution in [1.82, 2.24) is 0 Å². The molecule has 0 saturated carbocycles. The molecule has 0 radical (unpaired) electrons. The van der Waals surface area contributed by atoms with Crippen LogP contribution in [0.25, 0.3) is 0 Å². The molecule has 0 aliphatic heterocycles. The summed E-state index contributed by atoms with van der Waals surface area (Å²) in [4.78, 5) is 0. The minimum atomic E-state index is 0.168. The van der Waals surface area contributed by atoms with Gasteiger partial charge in [0.05, 0.1) is 6.26 Å². The van der Waals surface area contributed by atoms with Crippen molar-refractivity contribution in [3.8, 4) is 6.26 Å². The van der Waals surface area contributed by atoms with Gasteiger partial charge in [0, 0.05) is 5.92 Å². The fraction of sp³-hybridized carbons (Fsp3) is 0.471. The second-order valence-corrected chi connectivity index (χ2v) is 5.91. The first-order chi connectivity index (χ1) is 9.45. The first-order valence-corrected chi connectivity index (χ1v) is 6.88. The lowest BCUT2D eigenvalue weighted by Gasteiger charge is -2.28. The van der Waals surface area contributed by atoms with Crippen LogP contribution >= 0.6 is 0 Å². The van der Waals surface area contributed by atoms with Crippen LogP contribution in [0.15, 0.2) is 46.8 Å². The van der Waals surface area contributed by atoms with E-state index in [2.05, 4.69) is 31.6 Å². The van der Waals surface area contributed by atoms with Crippen molar-refractivity contribution >= 4 is 0 Å². The molecule has 3 heteroatoms. The van der Waals surface area contributed by atoms with Crippen LogP contribution in [0, 0.1) is 16.9 Å². The zero-order valence-electron chi connectivity index (χ0n) is 12.7.